The van der Waals surface area contributed by atoms with Gasteiger partial charge in [0, 0.05) is 0 Å². The molecule has 202 valence electrons. The Kier molecular flexibility index (Phi) is 13.4. The zero-order chi connectivity index (χ0) is 27.2. The molecule has 0 aliphatic rings. The average molecular weight is 616 g/mol. The average Bonchev–Trinajstić information content (AvgIpc) is 2.93. The van der Waals surface area contributed by atoms with Crippen LogP contribution in [0.15, 0.2) is 70.6 Å². The molecule has 2 aromatic rings. The maximum absolute atomic E-state index is 16.8. The predicted molar refractivity (Wildman–Crippen MR) is 153 cm³/mol. The Bertz CT molecular complexity index is 974. The van der Waals surface area contributed by atoms with E-state index in [1.807, 2.05) is 36.4 Å². The van der Waals surface area contributed by atoms with Gasteiger partial charge >= 0.3 is 228 Å². The van der Waals surface area contributed by atoms with Gasteiger partial charge in [0.1, 0.15) is 0 Å². The van der Waals surface area contributed by atoms with Crippen LogP contribution in [-0.2, 0) is 16.0 Å². The van der Waals surface area contributed by atoms with Crippen LogP contribution >= 0.6 is 0 Å². The van der Waals surface area contributed by atoms with Crippen molar-refractivity contribution in [3.05, 3.63) is 81.7 Å². The van der Waals surface area contributed by atoms with Crippen LogP contribution in [0.5, 0.6) is 0 Å². The zero-order valence-electron chi connectivity index (χ0n) is 23.0. The molecule has 6 heteroatoms. The summed E-state index contributed by atoms with van der Waals surface area (Å²) < 4.78 is 24.7. The molecule has 2 rings (SSSR count). The van der Waals surface area contributed by atoms with Crippen LogP contribution in [0.2, 0.25) is 13.3 Å². The molecule has 4 nitrogen and oxygen atoms in total. The van der Waals surface area contributed by atoms with Crippen molar-refractivity contribution in [2.45, 2.75) is 84.6 Å². The van der Waals surface area contributed by atoms with E-state index in [1.54, 1.807) is 24.3 Å². The molecular formula is C31H44FNO3Sn. The van der Waals surface area contributed by atoms with E-state index >= 15 is 4.39 Å². The Labute approximate surface area is 227 Å². The molecule has 0 unspecified atom stereocenters. The van der Waals surface area contributed by atoms with Gasteiger partial charge in [0.15, 0.2) is 0 Å². The Balaban J connectivity index is 2.68. The summed E-state index contributed by atoms with van der Waals surface area (Å²) in [7, 11) is 1.30. The van der Waals surface area contributed by atoms with Gasteiger partial charge in [0.05, 0.1) is 0 Å². The van der Waals surface area contributed by atoms with Crippen molar-refractivity contribution in [1.29, 1.82) is 0 Å². The molecule has 0 radical (unpaired) electrons. The molecule has 0 heterocycles. The van der Waals surface area contributed by atoms with Crippen LogP contribution in [0.25, 0.3) is 0 Å². The minimum absolute atomic E-state index is 0.112. The van der Waals surface area contributed by atoms with E-state index in [0.29, 0.717) is 5.56 Å². The number of hydrogen-bond acceptors (Lipinski definition) is 3. The second kappa shape index (κ2) is 16.0. The van der Waals surface area contributed by atoms with Crippen molar-refractivity contribution in [3.8, 4) is 0 Å². The van der Waals surface area contributed by atoms with Crippen molar-refractivity contribution in [2.75, 3.05) is 7.11 Å². The number of methoxy groups -OCH3 is 1. The monoisotopic (exact) mass is 617 g/mol. The molecule has 0 fully saturated rings. The number of rotatable bonds is 16. The first-order valence-electron chi connectivity index (χ1n) is 13.7. The molecule has 0 saturated carbocycles. The molecule has 0 aliphatic heterocycles. The number of esters is 1. The van der Waals surface area contributed by atoms with Crippen LogP contribution in [0.4, 0.5) is 4.39 Å². The third-order valence-electron chi connectivity index (χ3n) is 7.15. The molecule has 1 atom stereocenters. The number of hydrogen-bond donors (Lipinski definition) is 1. The number of carbonyl (C=O) groups excluding carboxylic acids is 2. The van der Waals surface area contributed by atoms with Crippen LogP contribution in [0.1, 0.15) is 75.2 Å². The predicted octanol–water partition coefficient (Wildman–Crippen LogP) is 7.81. The van der Waals surface area contributed by atoms with E-state index in [1.165, 1.54) is 13.2 Å². The number of nitrogens with one attached hydrogen (secondary N) is 1. The Morgan fingerprint density at radius 3 is 1.81 bits per heavy atom. The summed E-state index contributed by atoms with van der Waals surface area (Å²) in [5.41, 5.74) is -0.405. The quantitative estimate of drug-likeness (QED) is 0.155. The fourth-order valence-corrected chi connectivity index (χ4v) is 19.5. The van der Waals surface area contributed by atoms with Crippen molar-refractivity contribution in [2.24, 2.45) is 0 Å². The van der Waals surface area contributed by atoms with Gasteiger partial charge < -0.3 is 0 Å². The number of ether oxygens (including phenoxy) is 1. The van der Waals surface area contributed by atoms with Crippen molar-refractivity contribution in [1.82, 2.24) is 5.32 Å². The number of amides is 1. The topological polar surface area (TPSA) is 55.4 Å². The number of unbranched alkanes of at least 4 members (excludes halogenated alkanes) is 3. The maximum atomic E-state index is 16.8. The fraction of sp³-hybridized carbons (Fsp3) is 0.484. The van der Waals surface area contributed by atoms with Gasteiger partial charge in [0.2, 0.25) is 0 Å². The summed E-state index contributed by atoms with van der Waals surface area (Å²) in [4.78, 5) is 26.8. The van der Waals surface area contributed by atoms with Gasteiger partial charge in [-0.2, -0.15) is 0 Å². The summed E-state index contributed by atoms with van der Waals surface area (Å²) in [6, 6.07) is 18.2. The molecule has 1 amide bonds. The summed E-state index contributed by atoms with van der Waals surface area (Å²) in [6.45, 7) is 6.43. The van der Waals surface area contributed by atoms with E-state index < -0.39 is 35.8 Å². The first kappa shape index (κ1) is 31.1. The second-order valence-electron chi connectivity index (χ2n) is 10.0. The summed E-state index contributed by atoms with van der Waals surface area (Å²) in [6.07, 6.45) is 7.60. The van der Waals surface area contributed by atoms with Crippen molar-refractivity contribution in [3.63, 3.8) is 0 Å². The zero-order valence-corrected chi connectivity index (χ0v) is 25.9. The van der Waals surface area contributed by atoms with Gasteiger partial charge in [-0.25, -0.2) is 0 Å². The molecule has 1 N–H and O–H groups in total. The molecule has 2 aromatic carbocycles. The first-order chi connectivity index (χ1) is 17.9. The first-order valence-corrected chi connectivity index (χ1v) is 21.2. The molecular weight excluding hydrogens is 572 g/mol. The molecule has 0 saturated heterocycles. The Morgan fingerprint density at radius 2 is 1.35 bits per heavy atom. The number of carbonyl (C=O) groups is 2. The third-order valence-corrected chi connectivity index (χ3v) is 21.7. The summed E-state index contributed by atoms with van der Waals surface area (Å²) >= 11 is -3.50. The molecule has 0 bridgehead atoms. The number of halogens is 1. The summed E-state index contributed by atoms with van der Waals surface area (Å²) in [5, 5.41) is 2.92. The Morgan fingerprint density at radius 1 is 0.865 bits per heavy atom. The van der Waals surface area contributed by atoms with Gasteiger partial charge in [0.25, 0.3) is 0 Å². The van der Waals surface area contributed by atoms with Crippen LogP contribution in [0.3, 0.4) is 0 Å². The molecule has 37 heavy (non-hydrogen) atoms. The SMILES string of the molecule is CCC[CH2][Sn]([CH2]CCC)([CH2]CCC)/[C](F)=C/[C@](Cc1ccccc1)(NC(=O)c1ccccc1)C(=O)OC. The van der Waals surface area contributed by atoms with Crippen LogP contribution in [0, 0.1) is 0 Å². The van der Waals surface area contributed by atoms with Gasteiger partial charge in [-0.05, 0) is 0 Å². The van der Waals surface area contributed by atoms with E-state index in [0.717, 1.165) is 57.4 Å². The van der Waals surface area contributed by atoms with Crippen molar-refractivity contribution < 1.29 is 18.7 Å². The fourth-order valence-electron chi connectivity index (χ4n) is 4.93. The molecule has 0 aromatic heterocycles. The standard InChI is InChI=1S/C19H17FNO3.3C4H9.Sn/c1-24-18(23)19(12-13-20,14-15-8-4-2-5-9-15)21-17(22)16-10-6-3-7-11-16;3*1-3-4-2;/h2-12H,14H2,1H3,(H,21,22);3*1,3-4H2,2H3;/t19-;;;;/m1..../s1. The van der Waals surface area contributed by atoms with Crippen molar-refractivity contribution >= 4 is 30.3 Å². The summed E-state index contributed by atoms with van der Waals surface area (Å²) in [5.74, 6) is -1.08. The molecule has 0 aliphatic carbocycles. The van der Waals surface area contributed by atoms with Gasteiger partial charge in [-0.1, -0.05) is 0 Å². The van der Waals surface area contributed by atoms with Gasteiger partial charge in [-0.3, -0.25) is 0 Å². The van der Waals surface area contributed by atoms with E-state index in [4.69, 9.17) is 4.74 Å². The van der Waals surface area contributed by atoms with Gasteiger partial charge in [-0.15, -0.1) is 0 Å². The third kappa shape index (κ3) is 8.98. The van der Waals surface area contributed by atoms with E-state index in [-0.39, 0.29) is 10.3 Å². The van der Waals surface area contributed by atoms with E-state index in [2.05, 4.69) is 26.1 Å². The normalized spacial score (nSPS) is 13.6. The number of benzene rings is 2. The van der Waals surface area contributed by atoms with Crippen LogP contribution in [-0.4, -0.2) is 42.9 Å². The molecule has 0 spiro atoms. The Hall–Kier alpha value is -2.15. The van der Waals surface area contributed by atoms with Crippen LogP contribution < -0.4 is 5.32 Å². The van der Waals surface area contributed by atoms with E-state index in [9.17, 15) is 9.59 Å². The second-order valence-corrected chi connectivity index (χ2v) is 23.0. The minimum atomic E-state index is -3.50.